The number of allylic oxidation sites excluding steroid dienone is 2. The molecule has 0 unspecified atom stereocenters. The predicted octanol–water partition coefficient (Wildman–Crippen LogP) is 4.36. The number of ether oxygens (including phenoxy) is 2. The number of Topliss-reactive ketones (excluding diaryl/α,β-unsaturated/α-hetero) is 1. The quantitative estimate of drug-likeness (QED) is 0.381. The molecule has 14 heteroatoms. The molecule has 1 aromatic carbocycles. The van der Waals surface area contributed by atoms with Crippen molar-refractivity contribution in [1.82, 2.24) is 24.5 Å². The first-order chi connectivity index (χ1) is 26.5. The van der Waals surface area contributed by atoms with Gasteiger partial charge in [-0.1, -0.05) is 37.1 Å². The molecule has 4 bridgehead atoms. The SMILES string of the molecule is C=C[C@@H]1C[C@]1(CC(=O)[C@@H]1C[C@@H]2CN1C(=O)[C@H](C1CCCC1)CC(=O)N1CC[C@@H](C1)OCCC/C=C/c1nc3ccccc3nc1O2)C(=O)NS(=O)(=O)C1CC1. The van der Waals surface area contributed by atoms with Crippen molar-refractivity contribution in [3.63, 3.8) is 0 Å². The first kappa shape index (κ1) is 37.7. The fraction of sp³-hybridized carbons (Fsp3) is 0.610. The third-order valence-corrected chi connectivity index (χ3v) is 14.5. The molecule has 6 aliphatic rings. The van der Waals surface area contributed by atoms with E-state index in [4.69, 9.17) is 19.4 Å². The number of rotatable bonds is 8. The second kappa shape index (κ2) is 15.4. The Hall–Kier alpha value is -4.17. The van der Waals surface area contributed by atoms with Gasteiger partial charge in [0.15, 0.2) is 5.78 Å². The van der Waals surface area contributed by atoms with Crippen molar-refractivity contribution in [2.75, 3.05) is 26.2 Å². The molecule has 1 aromatic heterocycles. The third kappa shape index (κ3) is 7.94. The highest BCUT2D eigenvalue weighted by molar-refractivity contribution is 7.90. The lowest BCUT2D eigenvalue weighted by Gasteiger charge is -2.32. The molecule has 2 aromatic rings. The summed E-state index contributed by atoms with van der Waals surface area (Å²) in [7, 11) is -3.84. The Kier molecular flexibility index (Phi) is 10.6. The fourth-order valence-corrected chi connectivity index (χ4v) is 10.6. The van der Waals surface area contributed by atoms with Crippen LogP contribution in [-0.4, -0.2) is 101 Å². The van der Waals surface area contributed by atoms with Crippen LogP contribution in [0.1, 0.15) is 89.2 Å². The molecule has 3 saturated carbocycles. The van der Waals surface area contributed by atoms with Gasteiger partial charge in [-0.3, -0.25) is 23.9 Å². The van der Waals surface area contributed by atoms with Crippen molar-refractivity contribution in [1.29, 1.82) is 0 Å². The molecule has 4 heterocycles. The van der Waals surface area contributed by atoms with Crippen molar-refractivity contribution in [3.05, 3.63) is 48.7 Å². The molecular weight excluding hydrogens is 723 g/mol. The van der Waals surface area contributed by atoms with Crippen LogP contribution >= 0.6 is 0 Å². The summed E-state index contributed by atoms with van der Waals surface area (Å²) in [5, 5.41) is -0.596. The monoisotopic (exact) mass is 773 g/mol. The van der Waals surface area contributed by atoms with Gasteiger partial charge in [-0.25, -0.2) is 18.4 Å². The zero-order chi connectivity index (χ0) is 38.3. The van der Waals surface area contributed by atoms with Crippen LogP contribution in [0.4, 0.5) is 0 Å². The standard InChI is InChI=1S/C41H51N5O8S/c1-2-27-22-41(27,40(50)44-55(51,52)30-15-16-30)23-36(47)35-20-29-25-46(35)39(49)31(26-10-5-6-11-26)21-37(48)45-18-17-28(24-45)53-19-9-3-4-14-34-38(54-29)43-33-13-8-7-12-32(33)42-34/h2,4,7-8,12-14,26-31,35H,1,3,5-6,9-11,15-25H2,(H,44,50)/b14-4+/t27-,28+,29-,31+,35+,41-/m1/s1. The number of benzene rings is 1. The minimum absolute atomic E-state index is 0.00245. The van der Waals surface area contributed by atoms with Gasteiger partial charge in [-0.2, -0.15) is 0 Å². The van der Waals surface area contributed by atoms with Gasteiger partial charge >= 0.3 is 0 Å². The van der Waals surface area contributed by atoms with Gasteiger partial charge in [0.25, 0.3) is 0 Å². The average molecular weight is 774 g/mol. The number of aromatic nitrogens is 2. The Labute approximate surface area is 322 Å². The van der Waals surface area contributed by atoms with Crippen LogP contribution in [0.5, 0.6) is 5.88 Å². The van der Waals surface area contributed by atoms with Crippen molar-refractivity contribution >= 4 is 50.6 Å². The van der Waals surface area contributed by atoms with Gasteiger partial charge in [0.1, 0.15) is 11.8 Å². The van der Waals surface area contributed by atoms with Crippen molar-refractivity contribution in [3.8, 4) is 5.88 Å². The summed E-state index contributed by atoms with van der Waals surface area (Å²) in [6.07, 6.45) is 11.9. The minimum atomic E-state index is -3.84. The number of amides is 3. The molecule has 294 valence electrons. The second-order valence-corrected chi connectivity index (χ2v) is 18.4. The van der Waals surface area contributed by atoms with E-state index in [1.54, 1.807) is 11.0 Å². The third-order valence-electron chi connectivity index (χ3n) is 12.6. The van der Waals surface area contributed by atoms with Crippen LogP contribution in [0.3, 0.4) is 0 Å². The summed E-state index contributed by atoms with van der Waals surface area (Å²) in [5.41, 5.74) is 0.612. The zero-order valence-electron chi connectivity index (χ0n) is 31.3. The Morgan fingerprint density at radius 1 is 1.00 bits per heavy atom. The number of hydrogen-bond acceptors (Lipinski definition) is 10. The lowest BCUT2D eigenvalue weighted by atomic mass is 9.85. The van der Waals surface area contributed by atoms with E-state index in [2.05, 4.69) is 11.3 Å². The summed E-state index contributed by atoms with van der Waals surface area (Å²) in [5.74, 6) is -2.09. The maximum atomic E-state index is 14.9. The maximum absolute atomic E-state index is 14.9. The number of hydrogen-bond donors (Lipinski definition) is 1. The predicted molar refractivity (Wildman–Crippen MR) is 204 cm³/mol. The largest absolute Gasteiger partial charge is 0.471 e. The van der Waals surface area contributed by atoms with Crippen molar-refractivity contribution in [2.24, 2.45) is 23.2 Å². The van der Waals surface area contributed by atoms with Crippen molar-refractivity contribution in [2.45, 2.75) is 107 Å². The van der Waals surface area contributed by atoms with Gasteiger partial charge < -0.3 is 19.3 Å². The van der Waals surface area contributed by atoms with Crippen LogP contribution in [0.2, 0.25) is 0 Å². The zero-order valence-corrected chi connectivity index (χ0v) is 32.1. The van der Waals surface area contributed by atoms with Gasteiger partial charge in [-0.15, -0.1) is 6.58 Å². The van der Waals surface area contributed by atoms with E-state index in [0.717, 1.165) is 44.9 Å². The van der Waals surface area contributed by atoms with Crippen molar-refractivity contribution < 1.29 is 37.1 Å². The van der Waals surface area contributed by atoms with Crippen LogP contribution in [0, 0.1) is 23.2 Å². The molecule has 8 rings (SSSR count). The van der Waals surface area contributed by atoms with E-state index in [0.29, 0.717) is 49.3 Å². The highest BCUT2D eigenvalue weighted by Gasteiger charge is 2.61. The maximum Gasteiger partial charge on any atom is 0.240 e. The fourth-order valence-electron chi connectivity index (χ4n) is 9.17. The molecule has 13 nitrogen and oxygen atoms in total. The van der Waals surface area contributed by atoms with Crippen LogP contribution < -0.4 is 9.46 Å². The lowest BCUT2D eigenvalue weighted by molar-refractivity contribution is -0.146. The number of fused-ring (bicyclic) bond motifs is 6. The molecule has 6 atom stereocenters. The number of sulfonamides is 1. The molecule has 5 fully saturated rings. The Bertz CT molecular complexity index is 1990. The normalized spacial score (nSPS) is 31.2. The summed E-state index contributed by atoms with van der Waals surface area (Å²) in [6, 6.07) is 6.55. The number of ketones is 1. The summed E-state index contributed by atoms with van der Waals surface area (Å²) in [4.78, 5) is 70.1. The second-order valence-electron chi connectivity index (χ2n) is 16.4. The number of nitrogens with one attached hydrogen (secondary N) is 1. The number of carbonyl (C=O) groups excluding carboxylic acids is 4. The molecule has 0 spiro atoms. The molecule has 55 heavy (non-hydrogen) atoms. The first-order valence-corrected chi connectivity index (χ1v) is 21.6. The summed E-state index contributed by atoms with van der Waals surface area (Å²) >= 11 is 0. The average Bonchev–Trinajstić information content (AvgIpc) is 3.94. The minimum Gasteiger partial charge on any atom is -0.471 e. The van der Waals surface area contributed by atoms with E-state index >= 15 is 0 Å². The highest BCUT2D eigenvalue weighted by Crippen LogP contribution is 2.57. The topological polar surface area (TPSA) is 165 Å². The van der Waals surface area contributed by atoms with E-state index in [1.165, 1.54) is 0 Å². The van der Waals surface area contributed by atoms with Crippen LogP contribution in [0.25, 0.3) is 17.1 Å². The van der Waals surface area contributed by atoms with Gasteiger partial charge in [0, 0.05) is 44.9 Å². The molecule has 1 N–H and O–H groups in total. The number of carbonyl (C=O) groups is 4. The molecular formula is C41H51N5O8S. The molecule has 0 radical (unpaired) electrons. The van der Waals surface area contributed by atoms with Gasteiger partial charge in [0.2, 0.25) is 33.6 Å². The van der Waals surface area contributed by atoms with E-state index in [9.17, 15) is 27.6 Å². The molecule has 2 saturated heterocycles. The summed E-state index contributed by atoms with van der Waals surface area (Å²) < 4.78 is 40.6. The first-order valence-electron chi connectivity index (χ1n) is 20.1. The Morgan fingerprint density at radius 2 is 1.76 bits per heavy atom. The van der Waals surface area contributed by atoms with Gasteiger partial charge in [0.05, 0.1) is 40.4 Å². The lowest BCUT2D eigenvalue weighted by Crippen LogP contribution is -2.48. The Balaban J connectivity index is 1.12. The summed E-state index contributed by atoms with van der Waals surface area (Å²) in [6.45, 7) is 5.57. The Morgan fingerprint density at radius 3 is 2.49 bits per heavy atom. The van der Waals surface area contributed by atoms with Crippen LogP contribution in [-0.2, 0) is 33.9 Å². The van der Waals surface area contributed by atoms with E-state index in [-0.39, 0.29) is 73.6 Å². The smallest absolute Gasteiger partial charge is 0.240 e. The van der Waals surface area contributed by atoms with E-state index in [1.807, 2.05) is 41.3 Å². The molecule has 3 aliphatic carbocycles. The van der Waals surface area contributed by atoms with Crippen LogP contribution in [0.15, 0.2) is 43.0 Å². The highest BCUT2D eigenvalue weighted by atomic mass is 32.2. The number of nitrogens with zero attached hydrogens (tertiary/aromatic N) is 4. The molecule has 3 amide bonds. The van der Waals surface area contributed by atoms with Gasteiger partial charge in [-0.05, 0) is 81.4 Å². The van der Waals surface area contributed by atoms with E-state index < -0.39 is 44.7 Å². The molecule has 3 aliphatic heterocycles. The number of para-hydroxylation sites is 2.